The number of nitrogens with one attached hydrogen (secondary N) is 1. The Morgan fingerprint density at radius 2 is 2.05 bits per heavy atom. The second-order valence-corrected chi connectivity index (χ2v) is 6.44. The highest BCUT2D eigenvalue weighted by Gasteiger charge is 2.28. The van der Waals surface area contributed by atoms with Crippen molar-refractivity contribution < 1.29 is 4.74 Å². The molecule has 1 aliphatic heterocycles. The predicted octanol–water partition coefficient (Wildman–Crippen LogP) is 2.45. The van der Waals surface area contributed by atoms with E-state index in [1.54, 1.807) is 0 Å². The van der Waals surface area contributed by atoms with Gasteiger partial charge in [-0.1, -0.05) is 11.6 Å². The molecule has 1 aromatic rings. The van der Waals surface area contributed by atoms with E-state index in [-0.39, 0.29) is 0 Å². The molecule has 2 fully saturated rings. The number of ether oxygens (including phenoxy) is 1. The quantitative estimate of drug-likeness (QED) is 0.847. The van der Waals surface area contributed by atoms with Gasteiger partial charge in [-0.3, -0.25) is 4.90 Å². The summed E-state index contributed by atoms with van der Waals surface area (Å²) in [5, 5.41) is 4.08. The molecule has 116 valence electrons. The molecular formula is C15H23ClN4O. The van der Waals surface area contributed by atoms with Gasteiger partial charge in [-0.2, -0.15) is 0 Å². The molecule has 1 unspecified atom stereocenters. The third-order valence-corrected chi connectivity index (χ3v) is 4.43. The maximum absolute atomic E-state index is 6.25. The van der Waals surface area contributed by atoms with E-state index in [1.165, 1.54) is 12.8 Å². The van der Waals surface area contributed by atoms with Gasteiger partial charge in [0.25, 0.3) is 0 Å². The largest absolute Gasteiger partial charge is 0.379 e. The van der Waals surface area contributed by atoms with E-state index in [0.29, 0.717) is 17.1 Å². The van der Waals surface area contributed by atoms with Crippen LogP contribution in [0.3, 0.4) is 0 Å². The molecule has 6 heteroatoms. The zero-order valence-electron chi connectivity index (χ0n) is 12.7. The number of hydrogen-bond donors (Lipinski definition) is 1. The van der Waals surface area contributed by atoms with Gasteiger partial charge >= 0.3 is 0 Å². The normalized spacial score (nSPS) is 21.3. The van der Waals surface area contributed by atoms with E-state index >= 15 is 0 Å². The monoisotopic (exact) mass is 310 g/mol. The lowest BCUT2D eigenvalue weighted by Crippen LogP contribution is -2.42. The highest BCUT2D eigenvalue weighted by atomic mass is 35.5. The van der Waals surface area contributed by atoms with E-state index < -0.39 is 0 Å². The summed E-state index contributed by atoms with van der Waals surface area (Å²) in [5.41, 5.74) is 0.940. The minimum atomic E-state index is 0.319. The van der Waals surface area contributed by atoms with Crippen LogP contribution >= 0.6 is 11.6 Å². The van der Waals surface area contributed by atoms with E-state index in [4.69, 9.17) is 16.3 Å². The van der Waals surface area contributed by atoms with Gasteiger partial charge in [0.15, 0.2) is 0 Å². The summed E-state index contributed by atoms with van der Waals surface area (Å²) in [7, 11) is 0. The molecule has 1 saturated heterocycles. The van der Waals surface area contributed by atoms with Crippen LogP contribution in [0.1, 0.15) is 37.1 Å². The molecule has 1 saturated carbocycles. The van der Waals surface area contributed by atoms with E-state index in [9.17, 15) is 0 Å². The van der Waals surface area contributed by atoms with Crippen LogP contribution in [0.25, 0.3) is 0 Å². The van der Waals surface area contributed by atoms with Crippen LogP contribution in [0.5, 0.6) is 0 Å². The molecule has 0 spiro atoms. The SMILES string of the molecule is Cc1c(Cl)nc(C2CC2)nc1NC(C)CN1CCOCC1. The summed E-state index contributed by atoms with van der Waals surface area (Å²) < 4.78 is 5.38. The molecule has 5 nitrogen and oxygen atoms in total. The standard InChI is InChI=1S/C15H23ClN4O/c1-10(9-20-5-7-21-8-6-20)17-14-11(2)13(16)18-15(19-14)12-3-4-12/h10,12H,3-9H2,1-2H3,(H,17,18,19). The van der Waals surface area contributed by atoms with Gasteiger partial charge in [0, 0.05) is 37.2 Å². The maximum atomic E-state index is 6.25. The number of nitrogens with zero attached hydrogens (tertiary/aromatic N) is 3. The second kappa shape index (κ2) is 6.46. The fraction of sp³-hybridized carbons (Fsp3) is 0.733. The van der Waals surface area contributed by atoms with Gasteiger partial charge in [-0.25, -0.2) is 9.97 Å². The van der Waals surface area contributed by atoms with Crippen LogP contribution < -0.4 is 5.32 Å². The van der Waals surface area contributed by atoms with Crippen molar-refractivity contribution in [1.29, 1.82) is 0 Å². The van der Waals surface area contributed by atoms with Gasteiger partial charge in [0.2, 0.25) is 0 Å². The number of rotatable bonds is 5. The van der Waals surface area contributed by atoms with Crippen molar-refractivity contribution in [1.82, 2.24) is 14.9 Å². The Labute approximate surface area is 131 Å². The lowest BCUT2D eigenvalue weighted by atomic mass is 10.2. The Kier molecular flexibility index (Phi) is 4.62. The van der Waals surface area contributed by atoms with Crippen LogP contribution in [0.15, 0.2) is 0 Å². The first-order valence-electron chi connectivity index (χ1n) is 7.74. The maximum Gasteiger partial charge on any atom is 0.137 e. The summed E-state index contributed by atoms with van der Waals surface area (Å²) in [5.74, 6) is 2.29. The molecule has 0 amide bonds. The van der Waals surface area contributed by atoms with Crippen molar-refractivity contribution in [3.05, 3.63) is 16.5 Å². The summed E-state index contributed by atoms with van der Waals surface area (Å²) in [4.78, 5) is 11.5. The van der Waals surface area contributed by atoms with Crippen molar-refractivity contribution >= 4 is 17.4 Å². The molecule has 2 aliphatic rings. The van der Waals surface area contributed by atoms with Gasteiger partial charge in [0.1, 0.15) is 16.8 Å². The van der Waals surface area contributed by atoms with Gasteiger partial charge in [-0.05, 0) is 26.7 Å². The molecule has 1 atom stereocenters. The number of hydrogen-bond acceptors (Lipinski definition) is 5. The van der Waals surface area contributed by atoms with Crippen molar-refractivity contribution in [2.45, 2.75) is 38.6 Å². The average molecular weight is 311 g/mol. The highest BCUT2D eigenvalue weighted by Crippen LogP contribution is 2.39. The van der Waals surface area contributed by atoms with Gasteiger partial charge in [0.05, 0.1) is 13.2 Å². The first-order chi connectivity index (χ1) is 10.1. The second-order valence-electron chi connectivity index (χ2n) is 6.08. The van der Waals surface area contributed by atoms with Crippen molar-refractivity contribution in [3.63, 3.8) is 0 Å². The van der Waals surface area contributed by atoms with Crippen molar-refractivity contribution in [2.75, 3.05) is 38.2 Å². The third-order valence-electron chi connectivity index (χ3n) is 4.07. The molecule has 0 radical (unpaired) electrons. The minimum Gasteiger partial charge on any atom is -0.379 e. The van der Waals surface area contributed by atoms with Crippen molar-refractivity contribution in [3.8, 4) is 0 Å². The molecule has 1 aromatic heterocycles. The van der Waals surface area contributed by atoms with E-state index in [0.717, 1.165) is 50.1 Å². The van der Waals surface area contributed by atoms with Gasteiger partial charge < -0.3 is 10.1 Å². The Morgan fingerprint density at radius 3 is 2.71 bits per heavy atom. The lowest BCUT2D eigenvalue weighted by molar-refractivity contribution is 0.0368. The molecule has 0 bridgehead atoms. The van der Waals surface area contributed by atoms with Gasteiger partial charge in [-0.15, -0.1) is 0 Å². The van der Waals surface area contributed by atoms with E-state index in [2.05, 4.69) is 27.1 Å². The zero-order valence-corrected chi connectivity index (χ0v) is 13.5. The number of morpholine rings is 1. The molecule has 1 N–H and O–H groups in total. The first-order valence-corrected chi connectivity index (χ1v) is 8.12. The number of halogens is 1. The molecule has 3 rings (SSSR count). The topological polar surface area (TPSA) is 50.3 Å². The predicted molar refractivity (Wildman–Crippen MR) is 84.1 cm³/mol. The Balaban J connectivity index is 1.65. The zero-order chi connectivity index (χ0) is 14.8. The summed E-state index contributed by atoms with van der Waals surface area (Å²) in [6.45, 7) is 8.81. The first kappa shape index (κ1) is 15.0. The Morgan fingerprint density at radius 1 is 1.33 bits per heavy atom. The number of aromatic nitrogens is 2. The van der Waals surface area contributed by atoms with E-state index in [1.807, 2.05) is 6.92 Å². The average Bonchev–Trinajstić information content (AvgIpc) is 3.29. The summed E-state index contributed by atoms with van der Waals surface area (Å²) in [6.07, 6.45) is 2.37. The van der Waals surface area contributed by atoms with Crippen LogP contribution in [0.4, 0.5) is 5.82 Å². The highest BCUT2D eigenvalue weighted by molar-refractivity contribution is 6.30. The fourth-order valence-corrected chi connectivity index (χ4v) is 2.80. The Hall–Kier alpha value is -0.910. The fourth-order valence-electron chi connectivity index (χ4n) is 2.62. The van der Waals surface area contributed by atoms with Crippen LogP contribution in [0.2, 0.25) is 5.15 Å². The molecule has 0 aromatic carbocycles. The number of anilines is 1. The minimum absolute atomic E-state index is 0.319. The van der Waals surface area contributed by atoms with Crippen LogP contribution in [0, 0.1) is 6.92 Å². The molecule has 21 heavy (non-hydrogen) atoms. The summed E-state index contributed by atoms with van der Waals surface area (Å²) >= 11 is 6.25. The smallest absolute Gasteiger partial charge is 0.137 e. The van der Waals surface area contributed by atoms with Crippen molar-refractivity contribution in [2.24, 2.45) is 0 Å². The lowest BCUT2D eigenvalue weighted by Gasteiger charge is -2.29. The molecule has 2 heterocycles. The molecular weight excluding hydrogens is 288 g/mol. The van der Waals surface area contributed by atoms with Crippen LogP contribution in [-0.4, -0.2) is 53.8 Å². The van der Waals surface area contributed by atoms with Crippen LogP contribution in [-0.2, 0) is 4.74 Å². The Bertz CT molecular complexity index is 501. The molecule has 1 aliphatic carbocycles. The summed E-state index contributed by atoms with van der Waals surface area (Å²) in [6, 6.07) is 0.319. The third kappa shape index (κ3) is 3.84.